The fraction of sp³-hybridized carbons (Fsp3) is 0.625. The molecule has 1 aromatic carbocycles. The topological polar surface area (TPSA) is 15.3 Å². The van der Waals surface area contributed by atoms with Crippen molar-refractivity contribution in [1.82, 2.24) is 10.2 Å². The van der Waals surface area contributed by atoms with E-state index in [1.54, 1.807) is 0 Å². The largest absolute Gasteiger partial charge is 0.315 e. The SMILES string of the molecule is CC(C)CNCC(c1ccccc1)N(C)C(C)C. The molecule has 0 saturated heterocycles. The van der Waals surface area contributed by atoms with Crippen LogP contribution in [0.3, 0.4) is 0 Å². The van der Waals surface area contributed by atoms with Gasteiger partial charge in [0.25, 0.3) is 0 Å². The second-order valence-corrected chi connectivity index (χ2v) is 5.74. The van der Waals surface area contributed by atoms with Gasteiger partial charge in [-0.15, -0.1) is 0 Å². The molecule has 0 aliphatic carbocycles. The third-order valence-electron chi connectivity index (χ3n) is 3.38. The molecule has 1 aromatic rings. The van der Waals surface area contributed by atoms with Gasteiger partial charge in [-0.2, -0.15) is 0 Å². The Bertz CT molecular complexity index is 319. The predicted octanol–water partition coefficient (Wildman–Crippen LogP) is 3.31. The highest BCUT2D eigenvalue weighted by Crippen LogP contribution is 2.20. The Morgan fingerprint density at radius 3 is 2.11 bits per heavy atom. The summed E-state index contributed by atoms with van der Waals surface area (Å²) in [6.07, 6.45) is 0. The zero-order chi connectivity index (χ0) is 13.5. The highest BCUT2D eigenvalue weighted by Gasteiger charge is 2.18. The number of rotatable bonds is 7. The molecular weight excluding hydrogens is 220 g/mol. The van der Waals surface area contributed by atoms with Gasteiger partial charge in [0.05, 0.1) is 0 Å². The Hall–Kier alpha value is -0.860. The Morgan fingerprint density at radius 2 is 1.61 bits per heavy atom. The van der Waals surface area contributed by atoms with E-state index in [0.717, 1.165) is 13.1 Å². The minimum absolute atomic E-state index is 0.449. The molecule has 2 nitrogen and oxygen atoms in total. The smallest absolute Gasteiger partial charge is 0.0472 e. The fourth-order valence-electron chi connectivity index (χ4n) is 2.04. The van der Waals surface area contributed by atoms with Crippen LogP contribution in [0.25, 0.3) is 0 Å². The summed E-state index contributed by atoms with van der Waals surface area (Å²) < 4.78 is 0. The van der Waals surface area contributed by atoms with Crippen molar-refractivity contribution in [2.24, 2.45) is 5.92 Å². The Balaban J connectivity index is 2.70. The molecule has 1 atom stereocenters. The van der Waals surface area contributed by atoms with Crippen molar-refractivity contribution in [3.63, 3.8) is 0 Å². The molecule has 0 radical (unpaired) electrons. The summed E-state index contributed by atoms with van der Waals surface area (Å²) in [6.45, 7) is 11.1. The lowest BCUT2D eigenvalue weighted by molar-refractivity contribution is 0.191. The molecule has 0 aliphatic rings. The maximum atomic E-state index is 3.58. The number of likely N-dealkylation sites (N-methyl/N-ethyl adjacent to an activating group) is 1. The van der Waals surface area contributed by atoms with Crippen LogP contribution in [-0.4, -0.2) is 31.1 Å². The molecule has 1 rings (SSSR count). The number of benzene rings is 1. The molecule has 0 bridgehead atoms. The van der Waals surface area contributed by atoms with Crippen LogP contribution >= 0.6 is 0 Å². The van der Waals surface area contributed by atoms with Crippen LogP contribution < -0.4 is 5.32 Å². The highest BCUT2D eigenvalue weighted by atomic mass is 15.2. The van der Waals surface area contributed by atoms with Gasteiger partial charge in [-0.25, -0.2) is 0 Å². The summed E-state index contributed by atoms with van der Waals surface area (Å²) in [4.78, 5) is 2.43. The zero-order valence-electron chi connectivity index (χ0n) is 12.5. The van der Waals surface area contributed by atoms with E-state index < -0.39 is 0 Å². The second kappa shape index (κ2) is 7.55. The molecule has 102 valence electrons. The lowest BCUT2D eigenvalue weighted by Crippen LogP contribution is -2.38. The summed E-state index contributed by atoms with van der Waals surface area (Å²) in [7, 11) is 2.21. The molecule has 0 spiro atoms. The Labute approximate surface area is 112 Å². The molecule has 1 unspecified atom stereocenters. The van der Waals surface area contributed by atoms with Gasteiger partial charge in [-0.1, -0.05) is 44.2 Å². The van der Waals surface area contributed by atoms with E-state index in [1.165, 1.54) is 5.56 Å². The molecule has 2 heteroatoms. The van der Waals surface area contributed by atoms with Crippen LogP contribution in [0.4, 0.5) is 0 Å². The summed E-state index contributed by atoms with van der Waals surface area (Å²) >= 11 is 0. The van der Waals surface area contributed by atoms with E-state index in [-0.39, 0.29) is 0 Å². The molecule has 0 heterocycles. The van der Waals surface area contributed by atoms with E-state index in [1.807, 2.05) is 0 Å². The van der Waals surface area contributed by atoms with Gasteiger partial charge < -0.3 is 5.32 Å². The number of hydrogen-bond donors (Lipinski definition) is 1. The second-order valence-electron chi connectivity index (χ2n) is 5.74. The third-order valence-corrected chi connectivity index (χ3v) is 3.38. The lowest BCUT2D eigenvalue weighted by Gasteiger charge is -2.32. The first-order valence-electron chi connectivity index (χ1n) is 7.00. The molecule has 18 heavy (non-hydrogen) atoms. The van der Waals surface area contributed by atoms with Crippen LogP contribution in [0.2, 0.25) is 0 Å². The van der Waals surface area contributed by atoms with Crippen molar-refractivity contribution >= 4 is 0 Å². The summed E-state index contributed by atoms with van der Waals surface area (Å²) in [6, 6.07) is 11.8. The zero-order valence-corrected chi connectivity index (χ0v) is 12.5. The molecule has 0 fully saturated rings. The normalized spacial score (nSPS) is 13.6. The van der Waals surface area contributed by atoms with Gasteiger partial charge in [0.1, 0.15) is 0 Å². The third kappa shape index (κ3) is 4.79. The molecule has 0 aromatic heterocycles. The van der Waals surface area contributed by atoms with Crippen LogP contribution in [0.1, 0.15) is 39.3 Å². The van der Waals surface area contributed by atoms with E-state index in [9.17, 15) is 0 Å². The number of nitrogens with one attached hydrogen (secondary N) is 1. The van der Waals surface area contributed by atoms with Crippen molar-refractivity contribution in [2.45, 2.75) is 39.8 Å². The highest BCUT2D eigenvalue weighted by molar-refractivity contribution is 5.19. The van der Waals surface area contributed by atoms with Crippen LogP contribution in [0, 0.1) is 5.92 Å². The minimum atomic E-state index is 0.449. The van der Waals surface area contributed by atoms with Crippen molar-refractivity contribution < 1.29 is 0 Å². The number of nitrogens with zero attached hydrogens (tertiary/aromatic N) is 1. The van der Waals surface area contributed by atoms with E-state index in [2.05, 4.69) is 75.3 Å². The molecular formula is C16H28N2. The quantitative estimate of drug-likeness (QED) is 0.796. The average molecular weight is 248 g/mol. The van der Waals surface area contributed by atoms with Crippen molar-refractivity contribution in [3.8, 4) is 0 Å². The maximum Gasteiger partial charge on any atom is 0.0472 e. The van der Waals surface area contributed by atoms with Crippen LogP contribution in [-0.2, 0) is 0 Å². The van der Waals surface area contributed by atoms with Crippen molar-refractivity contribution in [2.75, 3.05) is 20.1 Å². The van der Waals surface area contributed by atoms with Gasteiger partial charge in [-0.05, 0) is 38.9 Å². The van der Waals surface area contributed by atoms with Crippen LogP contribution in [0.15, 0.2) is 30.3 Å². The molecule has 1 N–H and O–H groups in total. The molecule has 0 aliphatic heterocycles. The summed E-state index contributed by atoms with van der Waals surface area (Å²) in [5.41, 5.74) is 1.39. The molecule has 0 saturated carbocycles. The van der Waals surface area contributed by atoms with Gasteiger partial charge in [0.2, 0.25) is 0 Å². The first-order chi connectivity index (χ1) is 8.52. The number of hydrogen-bond acceptors (Lipinski definition) is 2. The van der Waals surface area contributed by atoms with Crippen LogP contribution in [0.5, 0.6) is 0 Å². The minimum Gasteiger partial charge on any atom is -0.315 e. The fourth-order valence-corrected chi connectivity index (χ4v) is 2.04. The van der Waals surface area contributed by atoms with Crippen molar-refractivity contribution in [1.29, 1.82) is 0 Å². The monoisotopic (exact) mass is 248 g/mol. The Morgan fingerprint density at radius 1 is 1.00 bits per heavy atom. The first kappa shape index (κ1) is 15.2. The standard InChI is InChI=1S/C16H28N2/c1-13(2)11-17-12-16(18(5)14(3)4)15-9-7-6-8-10-15/h6-10,13-14,16-17H,11-12H2,1-5H3. The van der Waals surface area contributed by atoms with E-state index in [0.29, 0.717) is 18.0 Å². The first-order valence-corrected chi connectivity index (χ1v) is 7.00. The average Bonchev–Trinajstić information content (AvgIpc) is 2.34. The van der Waals surface area contributed by atoms with Gasteiger partial charge in [0, 0.05) is 18.6 Å². The van der Waals surface area contributed by atoms with Gasteiger partial charge >= 0.3 is 0 Å². The summed E-state index contributed by atoms with van der Waals surface area (Å²) in [5.74, 6) is 0.700. The maximum absolute atomic E-state index is 3.58. The van der Waals surface area contributed by atoms with E-state index in [4.69, 9.17) is 0 Å². The van der Waals surface area contributed by atoms with Gasteiger partial charge in [-0.3, -0.25) is 4.90 Å². The predicted molar refractivity (Wildman–Crippen MR) is 79.8 cm³/mol. The Kier molecular flexibility index (Phi) is 6.37. The molecule has 0 amide bonds. The van der Waals surface area contributed by atoms with Crippen molar-refractivity contribution in [3.05, 3.63) is 35.9 Å². The summed E-state index contributed by atoms with van der Waals surface area (Å²) in [5, 5.41) is 3.58. The van der Waals surface area contributed by atoms with Gasteiger partial charge in [0.15, 0.2) is 0 Å². The lowest BCUT2D eigenvalue weighted by atomic mass is 10.0. The van der Waals surface area contributed by atoms with E-state index >= 15 is 0 Å².